The minimum absolute atomic E-state index is 0.0215. The Morgan fingerprint density at radius 1 is 1.26 bits per heavy atom. The third-order valence-electron chi connectivity index (χ3n) is 6.53. The Morgan fingerprint density at radius 2 is 2.03 bits per heavy atom. The smallest absolute Gasteiger partial charge is 0.252 e. The Morgan fingerprint density at radius 3 is 2.74 bits per heavy atom. The van der Waals surface area contributed by atoms with E-state index in [0.717, 1.165) is 42.1 Å². The molecule has 0 bridgehead atoms. The van der Waals surface area contributed by atoms with E-state index in [4.69, 9.17) is 15.0 Å². The van der Waals surface area contributed by atoms with E-state index in [1.165, 1.54) is 0 Å². The third kappa shape index (κ3) is 5.34. The summed E-state index contributed by atoms with van der Waals surface area (Å²) in [5, 5.41) is 7.03. The minimum Gasteiger partial charge on any atom is -0.381 e. The number of nitrogens with zero attached hydrogens (tertiary/aromatic N) is 3. The van der Waals surface area contributed by atoms with Crippen LogP contribution in [-0.4, -0.2) is 64.3 Å². The standard InChI is InChI=1S/C25H29N5O4S/c1-15-28-24(29-34-15)18-4-2-17(3-5-18)12-30-13-19(10-21-22(30)23(31)20(26)14-35-21)25(32)27-11-16-6-8-33-9-7-16/h2-5,10,13,16,20,22H,6-9,11-12,14,26H2,1H3,(H,27,32)/t20-,22?/m0/s1. The fourth-order valence-electron chi connectivity index (χ4n) is 4.52. The molecule has 2 saturated heterocycles. The van der Waals surface area contributed by atoms with Gasteiger partial charge in [0.25, 0.3) is 5.91 Å². The van der Waals surface area contributed by atoms with Crippen LogP contribution in [-0.2, 0) is 20.9 Å². The molecule has 184 valence electrons. The third-order valence-corrected chi connectivity index (χ3v) is 7.73. The first-order chi connectivity index (χ1) is 17.0. The van der Waals surface area contributed by atoms with E-state index in [0.29, 0.717) is 42.0 Å². The Labute approximate surface area is 208 Å². The van der Waals surface area contributed by atoms with E-state index >= 15 is 0 Å². The van der Waals surface area contributed by atoms with Crippen molar-refractivity contribution >= 4 is 23.5 Å². The van der Waals surface area contributed by atoms with Crippen molar-refractivity contribution in [3.63, 3.8) is 0 Å². The SMILES string of the molecule is Cc1nc(-c2ccc(CN3C=C(C(=O)NCC4CCOCC4)C=C4SC[C@H](N)C(=O)C43)cc2)no1. The molecule has 2 fully saturated rings. The van der Waals surface area contributed by atoms with Crippen molar-refractivity contribution in [3.05, 3.63) is 58.5 Å². The summed E-state index contributed by atoms with van der Waals surface area (Å²) in [5.41, 5.74) is 8.49. The van der Waals surface area contributed by atoms with Crippen LogP contribution in [0.3, 0.4) is 0 Å². The molecule has 2 aromatic rings. The number of nitrogens with two attached hydrogens (primary N) is 1. The van der Waals surface area contributed by atoms with Gasteiger partial charge in [0, 0.05) is 55.6 Å². The molecule has 0 spiro atoms. The van der Waals surface area contributed by atoms with Gasteiger partial charge in [-0.15, -0.1) is 11.8 Å². The first-order valence-corrected chi connectivity index (χ1v) is 12.8. The normalized spacial score (nSPS) is 22.9. The lowest BCUT2D eigenvalue weighted by molar-refractivity contribution is -0.123. The Balaban J connectivity index is 1.34. The summed E-state index contributed by atoms with van der Waals surface area (Å²) < 4.78 is 10.5. The highest BCUT2D eigenvalue weighted by Gasteiger charge is 2.39. The van der Waals surface area contributed by atoms with Crippen molar-refractivity contribution in [3.8, 4) is 11.4 Å². The molecule has 3 aliphatic heterocycles. The first kappa shape index (κ1) is 23.8. The maximum absolute atomic E-state index is 13.0. The first-order valence-electron chi connectivity index (χ1n) is 11.8. The van der Waals surface area contributed by atoms with Crippen molar-refractivity contribution in [2.75, 3.05) is 25.5 Å². The molecule has 0 radical (unpaired) electrons. The van der Waals surface area contributed by atoms with Crippen LogP contribution in [0.5, 0.6) is 0 Å². The maximum Gasteiger partial charge on any atom is 0.252 e. The number of rotatable bonds is 6. The summed E-state index contributed by atoms with van der Waals surface area (Å²) in [4.78, 5) is 33.1. The number of benzene rings is 1. The monoisotopic (exact) mass is 495 g/mol. The van der Waals surface area contributed by atoms with Gasteiger partial charge >= 0.3 is 0 Å². The molecular formula is C25H29N5O4S. The quantitative estimate of drug-likeness (QED) is 0.620. The fourth-order valence-corrected chi connectivity index (χ4v) is 5.67. The van der Waals surface area contributed by atoms with Gasteiger partial charge in [-0.2, -0.15) is 4.98 Å². The predicted molar refractivity (Wildman–Crippen MR) is 132 cm³/mol. The van der Waals surface area contributed by atoms with Gasteiger partial charge in [0.15, 0.2) is 5.78 Å². The average Bonchev–Trinajstić information content (AvgIpc) is 3.32. The lowest BCUT2D eigenvalue weighted by Gasteiger charge is -2.39. The number of hydrogen-bond acceptors (Lipinski definition) is 9. The van der Waals surface area contributed by atoms with Crippen LogP contribution in [0.2, 0.25) is 0 Å². The maximum atomic E-state index is 13.0. The van der Waals surface area contributed by atoms with Crippen molar-refractivity contribution in [1.82, 2.24) is 20.4 Å². The summed E-state index contributed by atoms with van der Waals surface area (Å²) >= 11 is 1.55. The number of aryl methyl sites for hydroxylation is 1. The summed E-state index contributed by atoms with van der Waals surface area (Å²) in [6.45, 7) is 4.32. The number of ketones is 1. The molecule has 4 heterocycles. The van der Waals surface area contributed by atoms with Crippen molar-refractivity contribution in [2.24, 2.45) is 11.7 Å². The van der Waals surface area contributed by atoms with Gasteiger partial charge < -0.3 is 25.2 Å². The number of ether oxygens (including phenoxy) is 1. The molecule has 5 rings (SSSR count). The zero-order valence-corrected chi connectivity index (χ0v) is 20.4. The molecule has 3 N–H and O–H groups in total. The van der Waals surface area contributed by atoms with Crippen LogP contribution in [0.15, 0.2) is 51.5 Å². The van der Waals surface area contributed by atoms with Crippen LogP contribution in [0.1, 0.15) is 24.3 Å². The van der Waals surface area contributed by atoms with Gasteiger partial charge in [-0.25, -0.2) is 0 Å². The van der Waals surface area contributed by atoms with Crippen LogP contribution in [0.4, 0.5) is 0 Å². The van der Waals surface area contributed by atoms with Crippen molar-refractivity contribution in [1.29, 1.82) is 0 Å². The lowest BCUT2D eigenvalue weighted by Crippen LogP contribution is -2.52. The van der Waals surface area contributed by atoms with Gasteiger partial charge in [-0.05, 0) is 30.4 Å². The second-order valence-corrected chi connectivity index (χ2v) is 10.2. The van der Waals surface area contributed by atoms with Crippen molar-refractivity contribution in [2.45, 2.75) is 38.4 Å². The molecule has 1 unspecified atom stereocenters. The number of fused-ring (bicyclic) bond motifs is 1. The van der Waals surface area contributed by atoms with Gasteiger partial charge in [0.1, 0.15) is 6.04 Å². The number of Topliss-reactive ketones (excluding diaryl/α,β-unsaturated/α-hetero) is 1. The number of hydrogen-bond donors (Lipinski definition) is 2. The predicted octanol–water partition coefficient (Wildman–Crippen LogP) is 2.18. The van der Waals surface area contributed by atoms with E-state index in [9.17, 15) is 9.59 Å². The molecule has 10 heteroatoms. The van der Waals surface area contributed by atoms with Gasteiger partial charge in [0.05, 0.1) is 11.6 Å². The summed E-state index contributed by atoms with van der Waals surface area (Å²) in [6.07, 6.45) is 5.55. The Bertz CT molecular complexity index is 1150. The van der Waals surface area contributed by atoms with E-state index in [1.807, 2.05) is 35.2 Å². The van der Waals surface area contributed by atoms with Crippen LogP contribution < -0.4 is 11.1 Å². The molecular weight excluding hydrogens is 466 g/mol. The average molecular weight is 496 g/mol. The van der Waals surface area contributed by atoms with Gasteiger partial charge in [-0.3, -0.25) is 9.59 Å². The summed E-state index contributed by atoms with van der Waals surface area (Å²) in [6, 6.07) is 6.79. The number of nitrogens with one attached hydrogen (secondary N) is 1. The largest absolute Gasteiger partial charge is 0.381 e. The van der Waals surface area contributed by atoms with E-state index < -0.39 is 12.1 Å². The van der Waals surface area contributed by atoms with Crippen molar-refractivity contribution < 1.29 is 18.8 Å². The van der Waals surface area contributed by atoms with E-state index in [-0.39, 0.29) is 11.7 Å². The second-order valence-electron chi connectivity index (χ2n) is 9.13. The number of aromatic nitrogens is 2. The zero-order valence-electron chi connectivity index (χ0n) is 19.6. The molecule has 0 aliphatic carbocycles. The topological polar surface area (TPSA) is 124 Å². The molecule has 1 aromatic carbocycles. The minimum atomic E-state index is -0.522. The highest BCUT2D eigenvalue weighted by molar-refractivity contribution is 8.03. The molecule has 35 heavy (non-hydrogen) atoms. The summed E-state index contributed by atoms with van der Waals surface area (Å²) in [5.74, 6) is 1.84. The Hall–Kier alpha value is -2.95. The van der Waals surface area contributed by atoms with Crippen LogP contribution >= 0.6 is 11.8 Å². The van der Waals surface area contributed by atoms with Crippen LogP contribution in [0.25, 0.3) is 11.4 Å². The zero-order chi connectivity index (χ0) is 24.4. The molecule has 9 nitrogen and oxygen atoms in total. The van der Waals surface area contributed by atoms with Crippen LogP contribution in [0, 0.1) is 12.8 Å². The number of thioether (sulfide) groups is 1. The van der Waals surface area contributed by atoms with E-state index in [1.54, 1.807) is 24.9 Å². The number of carbonyl (C=O) groups excluding carboxylic acids is 2. The number of amides is 1. The molecule has 2 atom stereocenters. The molecule has 3 aliphatic rings. The highest BCUT2D eigenvalue weighted by atomic mass is 32.2. The summed E-state index contributed by atoms with van der Waals surface area (Å²) in [7, 11) is 0. The highest BCUT2D eigenvalue weighted by Crippen LogP contribution is 2.36. The second kappa shape index (κ2) is 10.3. The molecule has 0 saturated carbocycles. The molecule has 1 aromatic heterocycles. The van der Waals surface area contributed by atoms with Gasteiger partial charge in [0.2, 0.25) is 11.7 Å². The number of carbonyl (C=O) groups is 2. The Kier molecular flexibility index (Phi) is 7.03. The van der Waals surface area contributed by atoms with E-state index in [2.05, 4.69) is 15.5 Å². The molecule has 1 amide bonds. The van der Waals surface area contributed by atoms with Gasteiger partial charge in [-0.1, -0.05) is 29.4 Å². The lowest BCUT2D eigenvalue weighted by atomic mass is 9.98. The fraction of sp³-hybridized carbons (Fsp3) is 0.440.